The van der Waals surface area contributed by atoms with Crippen molar-refractivity contribution in [2.45, 2.75) is 24.8 Å². The van der Waals surface area contributed by atoms with Gasteiger partial charge in [-0.2, -0.15) is 0 Å². The van der Waals surface area contributed by atoms with Gasteiger partial charge in [-0.3, -0.25) is 9.59 Å². The summed E-state index contributed by atoms with van der Waals surface area (Å²) in [5, 5.41) is 2.66. The normalized spacial score (nSPS) is 19.6. The van der Waals surface area contributed by atoms with Crippen molar-refractivity contribution in [1.29, 1.82) is 0 Å². The number of ether oxygens (including phenoxy) is 3. The minimum absolute atomic E-state index is 0.0929. The number of carbonyl (C=O) groups excluding carboxylic acids is 2. The number of carbonyl (C=O) groups is 2. The summed E-state index contributed by atoms with van der Waals surface area (Å²) in [6.07, 6.45) is 1.43. The molecule has 1 fully saturated rings. The summed E-state index contributed by atoms with van der Waals surface area (Å²) >= 11 is 0. The van der Waals surface area contributed by atoms with Gasteiger partial charge in [0.25, 0.3) is 0 Å². The van der Waals surface area contributed by atoms with E-state index in [4.69, 9.17) is 14.2 Å². The van der Waals surface area contributed by atoms with Crippen molar-refractivity contribution < 1.29 is 23.8 Å². The fourth-order valence-corrected chi connectivity index (χ4v) is 3.51. The molecule has 7 heteroatoms. The highest BCUT2D eigenvalue weighted by Crippen LogP contribution is 2.34. The average molecular weight is 350 g/mol. The molecule has 2 amide bonds. The van der Waals surface area contributed by atoms with Gasteiger partial charge in [-0.15, -0.1) is 0 Å². The van der Waals surface area contributed by atoms with Crippen LogP contribution >= 0.6 is 0 Å². The van der Waals surface area contributed by atoms with E-state index in [9.17, 15) is 9.59 Å². The Bertz CT molecular complexity index is 612. The van der Waals surface area contributed by atoms with Crippen LogP contribution in [0.4, 0.5) is 0 Å². The van der Waals surface area contributed by atoms with Crippen molar-refractivity contribution in [3.05, 3.63) is 23.8 Å². The molecule has 0 radical (unpaired) electrons. The zero-order chi connectivity index (χ0) is 18.4. The quantitative estimate of drug-likeness (QED) is 0.794. The van der Waals surface area contributed by atoms with Gasteiger partial charge in [0, 0.05) is 26.3 Å². The highest BCUT2D eigenvalue weighted by atomic mass is 16.5. The van der Waals surface area contributed by atoms with E-state index < -0.39 is 5.54 Å². The zero-order valence-electron chi connectivity index (χ0n) is 15.3. The molecule has 1 unspecified atom stereocenters. The molecule has 1 aromatic rings. The second kappa shape index (κ2) is 8.20. The summed E-state index contributed by atoms with van der Waals surface area (Å²) in [6.45, 7) is 0.689. The summed E-state index contributed by atoms with van der Waals surface area (Å²) in [5.74, 6) is 0.821. The molecule has 7 nitrogen and oxygen atoms in total. The van der Waals surface area contributed by atoms with Crippen LogP contribution in [0.3, 0.4) is 0 Å². The lowest BCUT2D eigenvalue weighted by Gasteiger charge is -2.36. The Labute approximate surface area is 148 Å². The SMILES string of the molecule is CNC(=O)C1(COC)CCCN1C(=O)Cc1c(OC)cccc1OC. The van der Waals surface area contributed by atoms with Crippen LogP contribution in [0.25, 0.3) is 0 Å². The van der Waals surface area contributed by atoms with Crippen LogP contribution in [0.1, 0.15) is 18.4 Å². The number of nitrogens with zero attached hydrogens (tertiary/aromatic N) is 1. The molecule has 2 rings (SSSR count). The molecule has 1 aromatic carbocycles. The van der Waals surface area contributed by atoms with E-state index in [1.54, 1.807) is 44.4 Å². The van der Waals surface area contributed by atoms with Crippen LogP contribution < -0.4 is 14.8 Å². The van der Waals surface area contributed by atoms with Gasteiger partial charge in [0.15, 0.2) is 0 Å². The summed E-state index contributed by atoms with van der Waals surface area (Å²) in [5.41, 5.74) is -0.289. The van der Waals surface area contributed by atoms with Crippen molar-refractivity contribution in [3.63, 3.8) is 0 Å². The second-order valence-electron chi connectivity index (χ2n) is 6.01. The van der Waals surface area contributed by atoms with E-state index in [1.807, 2.05) is 0 Å². The highest BCUT2D eigenvalue weighted by Gasteiger charge is 2.49. The Hall–Kier alpha value is -2.28. The highest BCUT2D eigenvalue weighted by molar-refractivity contribution is 5.93. The first-order chi connectivity index (χ1) is 12.0. The number of rotatable bonds is 7. The topological polar surface area (TPSA) is 77.1 Å². The van der Waals surface area contributed by atoms with E-state index in [0.29, 0.717) is 30.0 Å². The zero-order valence-corrected chi connectivity index (χ0v) is 15.3. The third-order valence-electron chi connectivity index (χ3n) is 4.68. The molecule has 1 aliphatic rings. The van der Waals surface area contributed by atoms with Gasteiger partial charge in [0.1, 0.15) is 17.0 Å². The van der Waals surface area contributed by atoms with Gasteiger partial charge in [-0.05, 0) is 25.0 Å². The fraction of sp³-hybridized carbons (Fsp3) is 0.556. The third kappa shape index (κ3) is 3.56. The van der Waals surface area contributed by atoms with Crippen LogP contribution in [-0.4, -0.2) is 63.8 Å². The maximum Gasteiger partial charge on any atom is 0.248 e. The van der Waals surface area contributed by atoms with E-state index in [1.165, 1.54) is 7.11 Å². The lowest BCUT2D eigenvalue weighted by molar-refractivity contribution is -0.147. The minimum atomic E-state index is -0.962. The van der Waals surface area contributed by atoms with Crippen molar-refractivity contribution in [2.75, 3.05) is 41.5 Å². The Morgan fingerprint density at radius 3 is 2.36 bits per heavy atom. The number of hydrogen-bond donors (Lipinski definition) is 1. The second-order valence-corrected chi connectivity index (χ2v) is 6.01. The molecule has 1 saturated heterocycles. The number of likely N-dealkylation sites (N-methyl/N-ethyl adjacent to an activating group) is 1. The number of hydrogen-bond acceptors (Lipinski definition) is 5. The predicted octanol–water partition coefficient (Wildman–Crippen LogP) is 1.000. The molecule has 0 bridgehead atoms. The summed E-state index contributed by atoms with van der Waals surface area (Å²) in [4.78, 5) is 27.2. The molecule has 1 atom stereocenters. The summed E-state index contributed by atoms with van der Waals surface area (Å²) in [6, 6.07) is 5.38. The van der Waals surface area contributed by atoms with Crippen LogP contribution in [-0.2, 0) is 20.7 Å². The first-order valence-corrected chi connectivity index (χ1v) is 8.25. The maximum absolute atomic E-state index is 13.0. The van der Waals surface area contributed by atoms with Crippen molar-refractivity contribution >= 4 is 11.8 Å². The van der Waals surface area contributed by atoms with Gasteiger partial charge in [0.2, 0.25) is 11.8 Å². The Morgan fingerprint density at radius 2 is 1.84 bits per heavy atom. The van der Waals surface area contributed by atoms with E-state index in [-0.39, 0.29) is 24.8 Å². The fourth-order valence-electron chi connectivity index (χ4n) is 3.51. The molecule has 25 heavy (non-hydrogen) atoms. The molecule has 0 spiro atoms. The smallest absolute Gasteiger partial charge is 0.248 e. The first kappa shape index (κ1) is 19.1. The van der Waals surface area contributed by atoms with Gasteiger partial charge in [0.05, 0.1) is 27.2 Å². The third-order valence-corrected chi connectivity index (χ3v) is 4.68. The van der Waals surface area contributed by atoms with Gasteiger partial charge in [-0.1, -0.05) is 6.07 Å². The van der Waals surface area contributed by atoms with Crippen molar-refractivity contribution in [1.82, 2.24) is 10.2 Å². The van der Waals surface area contributed by atoms with Crippen LogP contribution in [0.2, 0.25) is 0 Å². The predicted molar refractivity (Wildman–Crippen MR) is 92.9 cm³/mol. The van der Waals surface area contributed by atoms with Gasteiger partial charge >= 0.3 is 0 Å². The van der Waals surface area contributed by atoms with E-state index in [2.05, 4.69) is 5.32 Å². The number of amides is 2. The number of methoxy groups -OCH3 is 3. The summed E-state index contributed by atoms with van der Waals surface area (Å²) < 4.78 is 16.0. The molecule has 138 valence electrons. The molecular formula is C18H26N2O5. The van der Waals surface area contributed by atoms with E-state index in [0.717, 1.165) is 6.42 Å². The lowest BCUT2D eigenvalue weighted by atomic mass is 9.95. The summed E-state index contributed by atoms with van der Waals surface area (Å²) in [7, 11) is 6.22. The maximum atomic E-state index is 13.0. The molecule has 1 N–H and O–H groups in total. The first-order valence-electron chi connectivity index (χ1n) is 8.25. The van der Waals surface area contributed by atoms with Crippen molar-refractivity contribution in [2.24, 2.45) is 0 Å². The van der Waals surface area contributed by atoms with Gasteiger partial charge < -0.3 is 24.4 Å². The van der Waals surface area contributed by atoms with Gasteiger partial charge in [-0.25, -0.2) is 0 Å². The Morgan fingerprint density at radius 1 is 1.20 bits per heavy atom. The largest absolute Gasteiger partial charge is 0.496 e. The molecule has 0 saturated carbocycles. The van der Waals surface area contributed by atoms with Crippen LogP contribution in [0.15, 0.2) is 18.2 Å². The molecule has 0 aliphatic carbocycles. The van der Waals surface area contributed by atoms with Crippen molar-refractivity contribution in [3.8, 4) is 11.5 Å². The number of likely N-dealkylation sites (tertiary alicyclic amines) is 1. The molecular weight excluding hydrogens is 324 g/mol. The molecule has 1 heterocycles. The standard InChI is InChI=1S/C18H26N2O5/c1-19-17(22)18(12-23-2)9-6-10-20(18)16(21)11-13-14(24-3)7-5-8-15(13)25-4/h5,7-8H,6,9-12H2,1-4H3,(H,19,22). The monoisotopic (exact) mass is 350 g/mol. The average Bonchev–Trinajstić information content (AvgIpc) is 3.06. The lowest BCUT2D eigenvalue weighted by Crippen LogP contribution is -2.59. The molecule has 0 aromatic heterocycles. The van der Waals surface area contributed by atoms with Crippen LogP contribution in [0, 0.1) is 0 Å². The Balaban J connectivity index is 2.32. The molecule has 1 aliphatic heterocycles. The Kier molecular flexibility index (Phi) is 6.25. The van der Waals surface area contributed by atoms with Crippen LogP contribution in [0.5, 0.6) is 11.5 Å². The minimum Gasteiger partial charge on any atom is -0.496 e. The van der Waals surface area contributed by atoms with E-state index >= 15 is 0 Å². The number of benzene rings is 1. The number of nitrogens with one attached hydrogen (secondary N) is 1.